The van der Waals surface area contributed by atoms with Gasteiger partial charge in [0.15, 0.2) is 11.6 Å². The fourth-order valence-electron chi connectivity index (χ4n) is 3.01. The third kappa shape index (κ3) is 2.17. The van der Waals surface area contributed by atoms with Gasteiger partial charge in [-0.1, -0.05) is 0 Å². The zero-order valence-corrected chi connectivity index (χ0v) is 12.7. The lowest BCUT2D eigenvalue weighted by Gasteiger charge is -2.27. The number of hydrogen-bond donors (Lipinski definition) is 2. The zero-order valence-electron chi connectivity index (χ0n) is 11.9. The number of nitrogen functional groups attached to an aromatic ring is 1. The number of fused-ring (bicyclic) bond motifs is 1. The van der Waals surface area contributed by atoms with E-state index in [9.17, 15) is 0 Å². The Hall–Kier alpha value is -1.24. The summed E-state index contributed by atoms with van der Waals surface area (Å²) in [6, 6.07) is 2.07. The predicted molar refractivity (Wildman–Crippen MR) is 81.7 cm³/mol. The molecule has 3 N–H and O–H groups in total. The largest absolute Gasteiger partial charge is 0.367 e. The van der Waals surface area contributed by atoms with Crippen molar-refractivity contribution in [1.29, 1.82) is 0 Å². The van der Waals surface area contributed by atoms with Crippen LogP contribution in [-0.4, -0.2) is 16.6 Å². The van der Waals surface area contributed by atoms with Crippen LogP contribution in [0.2, 0.25) is 0 Å². The summed E-state index contributed by atoms with van der Waals surface area (Å²) in [7, 11) is 0. The van der Waals surface area contributed by atoms with Gasteiger partial charge in [-0.15, -0.1) is 11.3 Å². The summed E-state index contributed by atoms with van der Waals surface area (Å²) in [5.41, 5.74) is 2.38. The molecule has 1 fully saturated rings. The highest BCUT2D eigenvalue weighted by atomic mass is 32.1. The maximum absolute atomic E-state index is 6.04. The normalized spacial score (nSPS) is 17.8. The second kappa shape index (κ2) is 5.27. The highest BCUT2D eigenvalue weighted by molar-refractivity contribution is 7.18. The molecule has 108 valence electrons. The molecule has 1 aliphatic carbocycles. The number of rotatable bonds is 4. The lowest BCUT2D eigenvalue weighted by molar-refractivity contribution is -0.0453. The van der Waals surface area contributed by atoms with Gasteiger partial charge in [0.1, 0.15) is 10.4 Å². The van der Waals surface area contributed by atoms with Gasteiger partial charge in [0.25, 0.3) is 0 Å². The number of anilines is 1. The average molecular weight is 292 g/mol. The standard InChI is InChI=1S/C14H20N4OS/c1-3-19-14(6-4-5-7-14)13-16-11(18-15)10-8-9(2)20-12(10)17-13/h8H,3-7,15H2,1-2H3,(H,16,17,18). The van der Waals surface area contributed by atoms with Gasteiger partial charge in [0, 0.05) is 11.5 Å². The van der Waals surface area contributed by atoms with E-state index in [4.69, 9.17) is 15.6 Å². The minimum absolute atomic E-state index is 0.327. The van der Waals surface area contributed by atoms with Gasteiger partial charge in [-0.3, -0.25) is 0 Å². The van der Waals surface area contributed by atoms with Gasteiger partial charge < -0.3 is 10.2 Å². The maximum Gasteiger partial charge on any atom is 0.164 e. The number of aryl methyl sites for hydroxylation is 1. The maximum atomic E-state index is 6.04. The summed E-state index contributed by atoms with van der Waals surface area (Å²) in [6.07, 6.45) is 4.30. The Bertz CT molecular complexity index is 619. The Morgan fingerprint density at radius 1 is 1.40 bits per heavy atom. The summed E-state index contributed by atoms with van der Waals surface area (Å²) < 4.78 is 6.04. The highest BCUT2D eigenvalue weighted by Crippen LogP contribution is 2.42. The first kappa shape index (κ1) is 13.7. The smallest absolute Gasteiger partial charge is 0.164 e. The lowest BCUT2D eigenvalue weighted by Crippen LogP contribution is -2.29. The number of hydrazine groups is 1. The molecule has 2 heterocycles. The molecule has 1 aliphatic rings. The molecule has 2 aromatic rings. The Morgan fingerprint density at radius 2 is 2.15 bits per heavy atom. The predicted octanol–water partition coefficient (Wildman–Crippen LogP) is 3.09. The molecule has 6 heteroatoms. The molecule has 0 bridgehead atoms. The Morgan fingerprint density at radius 3 is 2.80 bits per heavy atom. The van der Waals surface area contributed by atoms with Crippen molar-refractivity contribution in [2.45, 2.75) is 45.1 Å². The van der Waals surface area contributed by atoms with Crippen LogP contribution in [-0.2, 0) is 10.3 Å². The van der Waals surface area contributed by atoms with Crippen LogP contribution in [0, 0.1) is 6.92 Å². The van der Waals surface area contributed by atoms with Crippen molar-refractivity contribution in [2.24, 2.45) is 5.84 Å². The first-order valence-corrected chi connectivity index (χ1v) is 7.89. The Kier molecular flexibility index (Phi) is 3.62. The molecule has 3 rings (SSSR count). The van der Waals surface area contributed by atoms with Crippen LogP contribution in [0.5, 0.6) is 0 Å². The first-order valence-electron chi connectivity index (χ1n) is 7.08. The number of nitrogens with one attached hydrogen (secondary N) is 1. The highest BCUT2D eigenvalue weighted by Gasteiger charge is 2.39. The van der Waals surface area contributed by atoms with Crippen LogP contribution in [0.3, 0.4) is 0 Å². The summed E-state index contributed by atoms with van der Waals surface area (Å²) in [5.74, 6) is 7.11. The molecule has 1 saturated carbocycles. The molecule has 0 aromatic carbocycles. The van der Waals surface area contributed by atoms with E-state index in [0.29, 0.717) is 12.4 Å². The summed E-state index contributed by atoms with van der Waals surface area (Å²) in [5, 5.41) is 0.989. The summed E-state index contributed by atoms with van der Waals surface area (Å²) >= 11 is 1.67. The minimum Gasteiger partial charge on any atom is -0.367 e. The van der Waals surface area contributed by atoms with Crippen molar-refractivity contribution in [3.63, 3.8) is 0 Å². The van der Waals surface area contributed by atoms with Gasteiger partial charge in [0.05, 0.1) is 5.39 Å². The molecule has 5 nitrogen and oxygen atoms in total. The van der Waals surface area contributed by atoms with E-state index in [0.717, 1.165) is 41.7 Å². The van der Waals surface area contributed by atoms with Crippen molar-refractivity contribution in [2.75, 3.05) is 12.0 Å². The fraction of sp³-hybridized carbons (Fsp3) is 0.571. The SMILES string of the molecule is CCOC1(c2nc(NN)c3cc(C)sc3n2)CCCC1. The molecule has 0 spiro atoms. The molecule has 0 saturated heterocycles. The van der Waals surface area contributed by atoms with E-state index in [2.05, 4.69) is 23.4 Å². The molecule has 2 aromatic heterocycles. The van der Waals surface area contributed by atoms with E-state index in [1.807, 2.05) is 6.92 Å². The number of hydrogen-bond acceptors (Lipinski definition) is 6. The number of ether oxygens (including phenoxy) is 1. The molecule has 0 unspecified atom stereocenters. The van der Waals surface area contributed by atoms with Gasteiger partial charge in [-0.05, 0) is 45.6 Å². The van der Waals surface area contributed by atoms with Crippen LogP contribution < -0.4 is 11.3 Å². The van der Waals surface area contributed by atoms with E-state index in [-0.39, 0.29) is 5.60 Å². The monoisotopic (exact) mass is 292 g/mol. The van der Waals surface area contributed by atoms with Crippen LogP contribution in [0.4, 0.5) is 5.82 Å². The minimum atomic E-state index is -0.327. The lowest BCUT2D eigenvalue weighted by atomic mass is 10.0. The Labute approximate surface area is 122 Å². The van der Waals surface area contributed by atoms with E-state index >= 15 is 0 Å². The molecule has 0 radical (unpaired) electrons. The number of aromatic nitrogens is 2. The second-order valence-corrected chi connectivity index (χ2v) is 6.49. The van der Waals surface area contributed by atoms with E-state index < -0.39 is 0 Å². The van der Waals surface area contributed by atoms with Gasteiger partial charge in [-0.25, -0.2) is 15.8 Å². The van der Waals surface area contributed by atoms with Crippen molar-refractivity contribution in [3.8, 4) is 0 Å². The van der Waals surface area contributed by atoms with Gasteiger partial charge >= 0.3 is 0 Å². The first-order chi connectivity index (χ1) is 9.68. The molecule has 20 heavy (non-hydrogen) atoms. The Balaban J connectivity index is 2.15. The third-order valence-corrected chi connectivity index (χ3v) is 4.84. The van der Waals surface area contributed by atoms with Crippen molar-refractivity contribution >= 4 is 27.4 Å². The van der Waals surface area contributed by atoms with Crippen molar-refractivity contribution in [3.05, 3.63) is 16.8 Å². The molecular formula is C14H20N4OS. The van der Waals surface area contributed by atoms with Crippen molar-refractivity contribution < 1.29 is 4.74 Å². The van der Waals surface area contributed by atoms with E-state index in [1.165, 1.54) is 4.88 Å². The average Bonchev–Trinajstić information content (AvgIpc) is 3.04. The number of nitrogens with zero attached hydrogens (tertiary/aromatic N) is 2. The van der Waals surface area contributed by atoms with Crippen LogP contribution in [0.25, 0.3) is 10.2 Å². The quantitative estimate of drug-likeness (QED) is 0.669. The molecule has 0 amide bonds. The number of thiophene rings is 1. The molecule has 0 aliphatic heterocycles. The summed E-state index contributed by atoms with van der Waals surface area (Å²) in [4.78, 5) is 11.6. The fourth-order valence-corrected chi connectivity index (χ4v) is 3.89. The number of nitrogens with two attached hydrogens (primary N) is 1. The van der Waals surface area contributed by atoms with E-state index in [1.54, 1.807) is 11.3 Å². The zero-order chi connectivity index (χ0) is 14.2. The van der Waals surface area contributed by atoms with Crippen molar-refractivity contribution in [1.82, 2.24) is 9.97 Å². The van der Waals surface area contributed by atoms with Crippen LogP contribution in [0.1, 0.15) is 43.3 Å². The third-order valence-electron chi connectivity index (χ3n) is 3.89. The topological polar surface area (TPSA) is 73.1 Å². The second-order valence-electron chi connectivity index (χ2n) is 5.25. The van der Waals surface area contributed by atoms with Gasteiger partial charge in [0.2, 0.25) is 0 Å². The van der Waals surface area contributed by atoms with Gasteiger partial charge in [-0.2, -0.15) is 0 Å². The molecule has 0 atom stereocenters. The summed E-state index contributed by atoms with van der Waals surface area (Å²) in [6.45, 7) is 4.77. The van der Waals surface area contributed by atoms with Crippen LogP contribution >= 0.6 is 11.3 Å². The molecular weight excluding hydrogens is 272 g/mol. The van der Waals surface area contributed by atoms with Crippen LogP contribution in [0.15, 0.2) is 6.07 Å².